The molecular weight excluding hydrogens is 377 g/mol. The summed E-state index contributed by atoms with van der Waals surface area (Å²) in [5.74, 6) is 0.0493. The van der Waals surface area contributed by atoms with E-state index in [0.29, 0.717) is 11.7 Å². The number of carbonyl (C=O) groups is 1. The van der Waals surface area contributed by atoms with E-state index in [-0.39, 0.29) is 17.6 Å². The summed E-state index contributed by atoms with van der Waals surface area (Å²) in [7, 11) is 0. The number of thiazole rings is 1. The molecule has 0 atom stereocenters. The molecule has 2 heterocycles. The molecular formula is C21H29FN3O2S+. The van der Waals surface area contributed by atoms with Crippen LogP contribution in [-0.2, 0) is 9.53 Å². The predicted molar refractivity (Wildman–Crippen MR) is 110 cm³/mol. The number of aromatic nitrogens is 1. The first-order chi connectivity index (χ1) is 13.7. The molecule has 1 aromatic heterocycles. The summed E-state index contributed by atoms with van der Waals surface area (Å²) in [5, 5.41) is 0.716. The van der Waals surface area contributed by atoms with Crippen LogP contribution in [0.1, 0.15) is 38.5 Å². The summed E-state index contributed by atoms with van der Waals surface area (Å²) in [6, 6.07) is 4.64. The van der Waals surface area contributed by atoms with Crippen molar-refractivity contribution in [2.45, 2.75) is 38.5 Å². The van der Waals surface area contributed by atoms with E-state index in [1.807, 2.05) is 4.90 Å². The maximum atomic E-state index is 13.6. The zero-order valence-corrected chi connectivity index (χ0v) is 17.1. The Bertz CT molecular complexity index is 800. The quantitative estimate of drug-likeness (QED) is 0.802. The number of nitrogens with zero attached hydrogens (tertiary/aromatic N) is 2. The van der Waals surface area contributed by atoms with Gasteiger partial charge >= 0.3 is 0 Å². The Balaban J connectivity index is 1.50. The summed E-state index contributed by atoms with van der Waals surface area (Å²) < 4.78 is 19.8. The first kappa shape index (κ1) is 19.7. The van der Waals surface area contributed by atoms with Crippen molar-refractivity contribution in [1.29, 1.82) is 0 Å². The molecule has 2 fully saturated rings. The molecule has 1 N–H and O–H groups in total. The predicted octanol–water partition coefficient (Wildman–Crippen LogP) is 2.65. The van der Waals surface area contributed by atoms with Crippen molar-refractivity contribution in [2.75, 3.05) is 44.3 Å². The van der Waals surface area contributed by atoms with Gasteiger partial charge < -0.3 is 9.64 Å². The molecule has 1 amide bonds. The van der Waals surface area contributed by atoms with E-state index < -0.39 is 0 Å². The van der Waals surface area contributed by atoms with Crippen molar-refractivity contribution >= 4 is 32.6 Å². The topological polar surface area (TPSA) is 46.9 Å². The van der Waals surface area contributed by atoms with E-state index >= 15 is 0 Å². The van der Waals surface area contributed by atoms with Crippen LogP contribution < -0.4 is 9.80 Å². The minimum atomic E-state index is -0.260. The normalized spacial score (nSPS) is 19.2. The molecule has 0 bridgehead atoms. The van der Waals surface area contributed by atoms with Gasteiger partial charge in [0.2, 0.25) is 5.91 Å². The van der Waals surface area contributed by atoms with Gasteiger partial charge in [0.05, 0.1) is 30.0 Å². The molecule has 152 valence electrons. The second-order valence-corrected chi connectivity index (χ2v) is 8.91. The Hall–Kier alpha value is -1.57. The SMILES string of the molecule is O=C(C1CCCCC1)N(CCC[NH+]1CCOCC1)c1nc2ccc(F)cc2s1. The van der Waals surface area contributed by atoms with Crippen LogP contribution in [0.5, 0.6) is 0 Å². The van der Waals surface area contributed by atoms with Crippen LogP contribution in [0.2, 0.25) is 0 Å². The average molecular weight is 407 g/mol. The Labute approximate surface area is 169 Å². The number of ether oxygens (including phenoxy) is 1. The van der Waals surface area contributed by atoms with Crippen LogP contribution in [0.3, 0.4) is 0 Å². The van der Waals surface area contributed by atoms with Crippen molar-refractivity contribution in [2.24, 2.45) is 5.92 Å². The van der Waals surface area contributed by atoms with Gasteiger partial charge in [-0.1, -0.05) is 30.6 Å². The van der Waals surface area contributed by atoms with Crippen molar-refractivity contribution in [3.8, 4) is 0 Å². The Kier molecular flexibility index (Phi) is 6.54. The molecule has 1 saturated heterocycles. The molecule has 1 aliphatic heterocycles. The molecule has 1 aliphatic carbocycles. The van der Waals surface area contributed by atoms with Gasteiger partial charge in [0.1, 0.15) is 18.9 Å². The standard InChI is InChI=1S/C21H28FN3O2S/c22-17-7-8-18-19(15-17)28-21(23-18)25(20(26)16-5-2-1-3-6-16)10-4-9-24-11-13-27-14-12-24/h7-8,15-16H,1-6,9-14H2/p+1. The fourth-order valence-corrected chi connectivity index (χ4v) is 5.29. The number of quaternary nitrogens is 1. The summed E-state index contributed by atoms with van der Waals surface area (Å²) in [6.45, 7) is 5.44. The second kappa shape index (κ2) is 9.29. The van der Waals surface area contributed by atoms with Crippen LogP contribution in [0.4, 0.5) is 9.52 Å². The molecule has 1 saturated carbocycles. The number of halogens is 1. The number of amides is 1. The third-order valence-electron chi connectivity index (χ3n) is 5.90. The van der Waals surface area contributed by atoms with E-state index in [1.165, 1.54) is 29.9 Å². The third-order valence-corrected chi connectivity index (χ3v) is 6.94. The zero-order chi connectivity index (χ0) is 19.3. The van der Waals surface area contributed by atoms with Gasteiger partial charge in [-0.3, -0.25) is 9.69 Å². The van der Waals surface area contributed by atoms with E-state index in [0.717, 1.165) is 75.2 Å². The number of carbonyl (C=O) groups excluding carboxylic acids is 1. The van der Waals surface area contributed by atoms with Gasteiger partial charge in [0.25, 0.3) is 0 Å². The van der Waals surface area contributed by atoms with E-state index in [9.17, 15) is 9.18 Å². The van der Waals surface area contributed by atoms with Crippen LogP contribution in [0.15, 0.2) is 18.2 Å². The molecule has 0 spiro atoms. The fraction of sp³-hybridized carbons (Fsp3) is 0.619. The smallest absolute Gasteiger partial charge is 0.231 e. The van der Waals surface area contributed by atoms with E-state index in [4.69, 9.17) is 4.74 Å². The van der Waals surface area contributed by atoms with Crippen molar-refractivity contribution in [1.82, 2.24) is 4.98 Å². The maximum Gasteiger partial charge on any atom is 0.231 e. The highest BCUT2D eigenvalue weighted by Gasteiger charge is 2.29. The van der Waals surface area contributed by atoms with Gasteiger partial charge in [-0.25, -0.2) is 9.37 Å². The molecule has 0 unspecified atom stereocenters. The lowest BCUT2D eigenvalue weighted by molar-refractivity contribution is -0.908. The summed E-state index contributed by atoms with van der Waals surface area (Å²) in [4.78, 5) is 21.4. The minimum absolute atomic E-state index is 0.105. The maximum absolute atomic E-state index is 13.6. The van der Waals surface area contributed by atoms with Crippen molar-refractivity contribution in [3.63, 3.8) is 0 Å². The second-order valence-electron chi connectivity index (χ2n) is 7.90. The molecule has 28 heavy (non-hydrogen) atoms. The van der Waals surface area contributed by atoms with Crippen molar-refractivity contribution in [3.05, 3.63) is 24.0 Å². The highest BCUT2D eigenvalue weighted by Crippen LogP contribution is 2.32. The van der Waals surface area contributed by atoms with Crippen LogP contribution in [0, 0.1) is 11.7 Å². The Morgan fingerprint density at radius 2 is 2.04 bits per heavy atom. The summed E-state index contributed by atoms with van der Waals surface area (Å²) in [5.41, 5.74) is 0.765. The molecule has 0 radical (unpaired) electrons. The fourth-order valence-electron chi connectivity index (χ4n) is 4.27. The number of benzene rings is 1. The first-order valence-corrected chi connectivity index (χ1v) is 11.3. The monoisotopic (exact) mass is 406 g/mol. The molecule has 4 rings (SSSR count). The number of nitrogens with one attached hydrogen (secondary N) is 1. The molecule has 5 nitrogen and oxygen atoms in total. The first-order valence-electron chi connectivity index (χ1n) is 10.5. The van der Waals surface area contributed by atoms with E-state index in [2.05, 4.69) is 4.98 Å². The molecule has 2 aliphatic rings. The largest absolute Gasteiger partial charge is 0.370 e. The number of hydrogen-bond acceptors (Lipinski definition) is 4. The number of fused-ring (bicyclic) bond motifs is 1. The van der Waals surface area contributed by atoms with Crippen molar-refractivity contribution < 1.29 is 18.8 Å². The lowest BCUT2D eigenvalue weighted by Gasteiger charge is -2.29. The average Bonchev–Trinajstić information content (AvgIpc) is 3.15. The Morgan fingerprint density at radius 1 is 1.25 bits per heavy atom. The number of morpholine rings is 1. The lowest BCUT2D eigenvalue weighted by Crippen LogP contribution is -3.14. The van der Waals surface area contributed by atoms with Gasteiger partial charge in [-0.2, -0.15) is 0 Å². The van der Waals surface area contributed by atoms with Crippen LogP contribution in [-0.4, -0.2) is 50.3 Å². The third kappa shape index (κ3) is 4.70. The van der Waals surface area contributed by atoms with Gasteiger partial charge in [0.15, 0.2) is 5.13 Å². The number of anilines is 1. The van der Waals surface area contributed by atoms with Gasteiger partial charge in [-0.15, -0.1) is 0 Å². The van der Waals surface area contributed by atoms with Gasteiger partial charge in [0, 0.05) is 18.9 Å². The minimum Gasteiger partial charge on any atom is -0.370 e. The number of rotatable bonds is 6. The Morgan fingerprint density at radius 3 is 2.82 bits per heavy atom. The summed E-state index contributed by atoms with van der Waals surface area (Å²) >= 11 is 1.43. The van der Waals surface area contributed by atoms with Gasteiger partial charge in [-0.05, 0) is 31.0 Å². The highest BCUT2D eigenvalue weighted by atomic mass is 32.1. The molecule has 1 aromatic carbocycles. The van der Waals surface area contributed by atoms with Crippen LogP contribution >= 0.6 is 11.3 Å². The molecule has 2 aromatic rings. The lowest BCUT2D eigenvalue weighted by atomic mass is 9.88. The summed E-state index contributed by atoms with van der Waals surface area (Å²) in [6.07, 6.45) is 6.39. The van der Waals surface area contributed by atoms with Crippen LogP contribution in [0.25, 0.3) is 10.2 Å². The highest BCUT2D eigenvalue weighted by molar-refractivity contribution is 7.22. The number of hydrogen-bond donors (Lipinski definition) is 1. The zero-order valence-electron chi connectivity index (χ0n) is 16.3. The molecule has 7 heteroatoms. The van der Waals surface area contributed by atoms with E-state index in [1.54, 1.807) is 11.0 Å².